The molecule has 1 N–H and O–H groups in total. The molecule has 1 aliphatic rings. The molecule has 4 heteroatoms. The van der Waals surface area contributed by atoms with Gasteiger partial charge in [-0.2, -0.15) is 0 Å². The van der Waals surface area contributed by atoms with Crippen LogP contribution in [0.2, 0.25) is 0 Å². The minimum atomic E-state index is -0.591. The molecule has 0 spiro atoms. The van der Waals surface area contributed by atoms with Gasteiger partial charge in [-0.05, 0) is 47.8 Å². The molecular weight excluding hydrogens is 268 g/mol. The molecule has 1 aromatic carbocycles. The summed E-state index contributed by atoms with van der Waals surface area (Å²) in [5, 5.41) is 14.6. The number of hydrogen-bond acceptors (Lipinski definition) is 4. The molecule has 0 saturated heterocycles. The Kier molecular flexibility index (Phi) is 4.13. The van der Waals surface area contributed by atoms with Gasteiger partial charge in [-0.15, -0.1) is 5.10 Å². The summed E-state index contributed by atoms with van der Waals surface area (Å²) < 4.78 is 3.99. The molecule has 2 aromatic rings. The van der Waals surface area contributed by atoms with E-state index in [9.17, 15) is 5.11 Å². The van der Waals surface area contributed by atoms with Gasteiger partial charge in [0.15, 0.2) is 0 Å². The second-order valence-electron chi connectivity index (χ2n) is 5.53. The number of aromatic nitrogens is 2. The Labute approximate surface area is 123 Å². The first-order chi connectivity index (χ1) is 9.79. The molecule has 1 heterocycles. The van der Waals surface area contributed by atoms with Gasteiger partial charge in [-0.25, -0.2) is 0 Å². The lowest BCUT2D eigenvalue weighted by atomic mass is 9.80. The zero-order valence-electron chi connectivity index (χ0n) is 11.7. The highest BCUT2D eigenvalue weighted by molar-refractivity contribution is 7.05. The highest BCUT2D eigenvalue weighted by atomic mass is 32.1. The van der Waals surface area contributed by atoms with Crippen LogP contribution in [-0.4, -0.2) is 14.7 Å². The second-order valence-corrected chi connectivity index (χ2v) is 6.32. The fraction of sp³-hybridized carbons (Fsp3) is 0.500. The van der Waals surface area contributed by atoms with Crippen LogP contribution in [0.5, 0.6) is 0 Å². The van der Waals surface area contributed by atoms with Crippen molar-refractivity contribution in [2.75, 3.05) is 0 Å². The SMILES string of the molecule is CCCc1nnsc1C(O)c1ccc(C2CCC2)cc1. The van der Waals surface area contributed by atoms with Crippen LogP contribution in [0.3, 0.4) is 0 Å². The van der Waals surface area contributed by atoms with E-state index in [-0.39, 0.29) is 0 Å². The Balaban J connectivity index is 1.78. The fourth-order valence-electron chi connectivity index (χ4n) is 2.68. The third kappa shape index (κ3) is 2.63. The quantitative estimate of drug-likeness (QED) is 0.909. The van der Waals surface area contributed by atoms with Crippen LogP contribution in [0.25, 0.3) is 0 Å². The molecule has 0 aliphatic heterocycles. The van der Waals surface area contributed by atoms with Gasteiger partial charge in [-0.1, -0.05) is 48.5 Å². The van der Waals surface area contributed by atoms with E-state index in [1.54, 1.807) is 0 Å². The Morgan fingerprint density at radius 1 is 1.30 bits per heavy atom. The van der Waals surface area contributed by atoms with E-state index >= 15 is 0 Å². The highest BCUT2D eigenvalue weighted by Crippen LogP contribution is 2.37. The Morgan fingerprint density at radius 3 is 2.65 bits per heavy atom. The number of rotatable bonds is 5. The summed E-state index contributed by atoms with van der Waals surface area (Å²) in [5.41, 5.74) is 3.29. The van der Waals surface area contributed by atoms with Crippen LogP contribution in [0.1, 0.15) is 66.3 Å². The Morgan fingerprint density at radius 2 is 2.05 bits per heavy atom. The predicted octanol–water partition coefficient (Wildman–Crippen LogP) is 3.84. The molecule has 1 fully saturated rings. The zero-order valence-corrected chi connectivity index (χ0v) is 12.6. The van der Waals surface area contributed by atoms with E-state index < -0.39 is 6.10 Å². The van der Waals surface area contributed by atoms with Crippen molar-refractivity contribution in [1.29, 1.82) is 0 Å². The Bertz CT molecular complexity index is 560. The van der Waals surface area contributed by atoms with Crippen molar-refractivity contribution in [3.8, 4) is 0 Å². The molecule has 1 saturated carbocycles. The monoisotopic (exact) mass is 288 g/mol. The smallest absolute Gasteiger partial charge is 0.117 e. The number of aliphatic hydroxyl groups excluding tert-OH is 1. The van der Waals surface area contributed by atoms with Crippen molar-refractivity contribution in [2.24, 2.45) is 0 Å². The number of nitrogens with zero attached hydrogens (tertiary/aromatic N) is 2. The lowest BCUT2D eigenvalue weighted by molar-refractivity contribution is 0.222. The van der Waals surface area contributed by atoms with Crippen LogP contribution in [0.15, 0.2) is 24.3 Å². The molecule has 3 rings (SSSR count). The maximum Gasteiger partial charge on any atom is 0.117 e. The third-order valence-electron chi connectivity index (χ3n) is 4.15. The summed E-state index contributed by atoms with van der Waals surface area (Å²) in [6.07, 6.45) is 5.27. The van der Waals surface area contributed by atoms with E-state index in [0.29, 0.717) is 0 Å². The van der Waals surface area contributed by atoms with Crippen LogP contribution in [0.4, 0.5) is 0 Å². The summed E-state index contributed by atoms with van der Waals surface area (Å²) in [6.45, 7) is 2.11. The second kappa shape index (κ2) is 6.02. The maximum absolute atomic E-state index is 10.5. The first-order valence-electron chi connectivity index (χ1n) is 7.38. The van der Waals surface area contributed by atoms with E-state index in [1.165, 1.54) is 36.4 Å². The van der Waals surface area contributed by atoms with Gasteiger partial charge in [0, 0.05) is 0 Å². The van der Waals surface area contributed by atoms with E-state index in [1.807, 2.05) is 12.1 Å². The van der Waals surface area contributed by atoms with Crippen LogP contribution in [-0.2, 0) is 6.42 Å². The molecule has 20 heavy (non-hydrogen) atoms. The molecule has 3 nitrogen and oxygen atoms in total. The Hall–Kier alpha value is -1.26. The summed E-state index contributed by atoms with van der Waals surface area (Å²) in [4.78, 5) is 0.892. The first-order valence-corrected chi connectivity index (χ1v) is 8.16. The van der Waals surface area contributed by atoms with Crippen molar-refractivity contribution in [3.63, 3.8) is 0 Å². The fourth-order valence-corrected chi connectivity index (χ4v) is 3.39. The van der Waals surface area contributed by atoms with E-state index in [0.717, 1.165) is 34.9 Å². The van der Waals surface area contributed by atoms with Crippen LogP contribution in [0, 0.1) is 0 Å². The molecule has 0 amide bonds. The molecule has 1 aliphatic carbocycles. The molecule has 1 atom stereocenters. The molecule has 1 aromatic heterocycles. The summed E-state index contributed by atoms with van der Waals surface area (Å²) in [5.74, 6) is 0.738. The number of benzene rings is 1. The maximum atomic E-state index is 10.5. The average Bonchev–Trinajstić information content (AvgIpc) is 2.86. The van der Waals surface area contributed by atoms with Gasteiger partial charge >= 0.3 is 0 Å². The van der Waals surface area contributed by atoms with E-state index in [4.69, 9.17) is 0 Å². The normalized spacial score (nSPS) is 16.9. The lowest BCUT2D eigenvalue weighted by Crippen LogP contribution is -2.09. The molecule has 106 valence electrons. The van der Waals surface area contributed by atoms with Crippen molar-refractivity contribution in [1.82, 2.24) is 9.59 Å². The highest BCUT2D eigenvalue weighted by Gasteiger charge is 2.21. The van der Waals surface area contributed by atoms with Gasteiger partial charge in [0.25, 0.3) is 0 Å². The molecule has 1 unspecified atom stereocenters. The first kappa shape index (κ1) is 13.7. The van der Waals surface area contributed by atoms with E-state index in [2.05, 4.69) is 28.6 Å². The molecular formula is C16H20N2OS. The number of aliphatic hydroxyl groups is 1. The van der Waals surface area contributed by atoms with Crippen LogP contribution >= 0.6 is 11.5 Å². The van der Waals surface area contributed by atoms with Gasteiger partial charge in [-0.3, -0.25) is 0 Å². The molecule has 0 bridgehead atoms. The summed E-state index contributed by atoms with van der Waals surface area (Å²) >= 11 is 1.31. The number of aryl methyl sites for hydroxylation is 1. The van der Waals surface area contributed by atoms with Crippen molar-refractivity contribution in [3.05, 3.63) is 46.0 Å². The summed E-state index contributed by atoms with van der Waals surface area (Å²) in [7, 11) is 0. The summed E-state index contributed by atoms with van der Waals surface area (Å²) in [6, 6.07) is 8.42. The van der Waals surface area contributed by atoms with Gasteiger partial charge < -0.3 is 5.11 Å². The topological polar surface area (TPSA) is 46.0 Å². The van der Waals surface area contributed by atoms with Gasteiger partial charge in [0.2, 0.25) is 0 Å². The molecule has 0 radical (unpaired) electrons. The third-order valence-corrected chi connectivity index (χ3v) is 4.97. The van der Waals surface area contributed by atoms with Crippen molar-refractivity contribution < 1.29 is 5.11 Å². The van der Waals surface area contributed by atoms with Crippen molar-refractivity contribution >= 4 is 11.5 Å². The standard InChI is InChI=1S/C16H20N2OS/c1-2-4-14-16(20-18-17-14)15(19)13-9-7-12(8-10-13)11-5-3-6-11/h7-11,15,19H,2-6H2,1H3. The lowest BCUT2D eigenvalue weighted by Gasteiger charge is -2.26. The largest absolute Gasteiger partial charge is 0.383 e. The van der Waals surface area contributed by atoms with Gasteiger partial charge in [0.05, 0.1) is 10.6 Å². The van der Waals surface area contributed by atoms with Gasteiger partial charge in [0.1, 0.15) is 6.10 Å². The average molecular weight is 288 g/mol. The number of hydrogen-bond donors (Lipinski definition) is 1. The van der Waals surface area contributed by atoms with Crippen LogP contribution < -0.4 is 0 Å². The van der Waals surface area contributed by atoms with Crippen molar-refractivity contribution in [2.45, 2.75) is 51.0 Å². The minimum absolute atomic E-state index is 0.591. The minimum Gasteiger partial charge on any atom is -0.383 e. The predicted molar refractivity (Wildman–Crippen MR) is 81.0 cm³/mol. The zero-order chi connectivity index (χ0) is 13.9.